The van der Waals surface area contributed by atoms with E-state index in [2.05, 4.69) is 19.2 Å². The summed E-state index contributed by atoms with van der Waals surface area (Å²) in [6, 6.07) is 0.779. The lowest BCUT2D eigenvalue weighted by molar-refractivity contribution is -0.136. The summed E-state index contributed by atoms with van der Waals surface area (Å²) in [7, 11) is 1.66. The average Bonchev–Trinajstić information content (AvgIpc) is 2.24. The smallest absolute Gasteiger partial charge is 0.237 e. The number of likely N-dealkylation sites (tertiary alicyclic amines) is 1. The van der Waals surface area contributed by atoms with E-state index in [1.165, 1.54) is 6.42 Å². The van der Waals surface area contributed by atoms with Crippen LogP contribution in [0.2, 0.25) is 0 Å². The van der Waals surface area contributed by atoms with Crippen LogP contribution in [0.5, 0.6) is 0 Å². The maximum atomic E-state index is 12.0. The molecule has 1 saturated heterocycles. The fourth-order valence-corrected chi connectivity index (χ4v) is 2.37. The van der Waals surface area contributed by atoms with Crippen molar-refractivity contribution in [2.75, 3.05) is 26.8 Å². The number of ether oxygens (including phenoxy) is 1. The Morgan fingerprint density at radius 2 is 2.00 bits per heavy atom. The van der Waals surface area contributed by atoms with Crippen LogP contribution in [0.25, 0.3) is 0 Å². The Balaban J connectivity index is 2.33. The van der Waals surface area contributed by atoms with Crippen molar-refractivity contribution in [3.63, 3.8) is 0 Å². The molecule has 16 heavy (non-hydrogen) atoms. The van der Waals surface area contributed by atoms with Gasteiger partial charge in [0.1, 0.15) is 0 Å². The van der Waals surface area contributed by atoms with Crippen LogP contribution in [0.1, 0.15) is 33.1 Å². The van der Waals surface area contributed by atoms with Crippen molar-refractivity contribution in [2.45, 2.75) is 45.2 Å². The molecule has 0 aromatic carbocycles. The van der Waals surface area contributed by atoms with Crippen molar-refractivity contribution >= 4 is 5.91 Å². The first-order valence-electron chi connectivity index (χ1n) is 6.17. The maximum Gasteiger partial charge on any atom is 0.237 e. The predicted molar refractivity (Wildman–Crippen MR) is 64.4 cm³/mol. The van der Waals surface area contributed by atoms with Gasteiger partial charge < -0.3 is 15.0 Å². The molecule has 0 saturated carbocycles. The highest BCUT2D eigenvalue weighted by molar-refractivity contribution is 5.79. The Bertz CT molecular complexity index is 211. The molecule has 4 heteroatoms. The largest absolute Gasteiger partial charge is 0.383 e. The SMILES string of the molecule is COCCNCC(=O)N1[C@H](C)CCC[C@H]1C. The molecule has 0 aromatic heterocycles. The van der Waals surface area contributed by atoms with Crippen molar-refractivity contribution in [2.24, 2.45) is 0 Å². The van der Waals surface area contributed by atoms with Crippen LogP contribution in [0, 0.1) is 0 Å². The van der Waals surface area contributed by atoms with E-state index < -0.39 is 0 Å². The number of hydrogen-bond acceptors (Lipinski definition) is 3. The Morgan fingerprint density at radius 1 is 1.38 bits per heavy atom. The van der Waals surface area contributed by atoms with Gasteiger partial charge in [-0.2, -0.15) is 0 Å². The minimum Gasteiger partial charge on any atom is -0.383 e. The Morgan fingerprint density at radius 3 is 2.56 bits per heavy atom. The van der Waals surface area contributed by atoms with Crippen LogP contribution in [0.4, 0.5) is 0 Å². The molecule has 4 nitrogen and oxygen atoms in total. The van der Waals surface area contributed by atoms with E-state index in [1.54, 1.807) is 7.11 Å². The third-order valence-electron chi connectivity index (χ3n) is 3.24. The number of methoxy groups -OCH3 is 1. The van der Waals surface area contributed by atoms with Crippen LogP contribution < -0.4 is 5.32 Å². The number of amides is 1. The zero-order valence-corrected chi connectivity index (χ0v) is 10.7. The van der Waals surface area contributed by atoms with Crippen molar-refractivity contribution in [3.05, 3.63) is 0 Å². The van der Waals surface area contributed by atoms with Gasteiger partial charge in [-0.15, -0.1) is 0 Å². The summed E-state index contributed by atoms with van der Waals surface area (Å²) in [4.78, 5) is 14.0. The van der Waals surface area contributed by atoms with Gasteiger partial charge in [0.2, 0.25) is 5.91 Å². The van der Waals surface area contributed by atoms with Crippen molar-refractivity contribution in [1.29, 1.82) is 0 Å². The summed E-state index contributed by atoms with van der Waals surface area (Å²) in [5, 5.41) is 3.11. The minimum atomic E-state index is 0.218. The molecule has 1 N–H and O–H groups in total. The van der Waals surface area contributed by atoms with Crippen LogP contribution in [0.15, 0.2) is 0 Å². The summed E-state index contributed by atoms with van der Waals surface area (Å²) in [5.41, 5.74) is 0. The number of piperidine rings is 1. The van der Waals surface area contributed by atoms with Gasteiger partial charge in [-0.1, -0.05) is 0 Å². The molecule has 1 heterocycles. The van der Waals surface area contributed by atoms with Crippen LogP contribution in [0.3, 0.4) is 0 Å². The normalized spacial score (nSPS) is 25.8. The van der Waals surface area contributed by atoms with Crippen LogP contribution in [-0.4, -0.2) is 49.7 Å². The molecule has 0 unspecified atom stereocenters. The predicted octanol–water partition coefficient (Wildman–Crippen LogP) is 1.01. The second-order valence-electron chi connectivity index (χ2n) is 4.60. The molecule has 1 aliphatic rings. The monoisotopic (exact) mass is 228 g/mol. The Labute approximate surface area is 98.3 Å². The van der Waals surface area contributed by atoms with Crippen molar-refractivity contribution in [1.82, 2.24) is 10.2 Å². The van der Waals surface area contributed by atoms with Gasteiger partial charge in [0, 0.05) is 25.7 Å². The van der Waals surface area contributed by atoms with Gasteiger partial charge >= 0.3 is 0 Å². The first-order chi connectivity index (χ1) is 7.66. The minimum absolute atomic E-state index is 0.218. The fraction of sp³-hybridized carbons (Fsp3) is 0.917. The first-order valence-corrected chi connectivity index (χ1v) is 6.17. The van der Waals surface area contributed by atoms with Gasteiger partial charge in [0.15, 0.2) is 0 Å². The fourth-order valence-electron chi connectivity index (χ4n) is 2.37. The second kappa shape index (κ2) is 6.86. The van der Waals surface area contributed by atoms with Crippen molar-refractivity contribution < 1.29 is 9.53 Å². The molecule has 1 amide bonds. The summed E-state index contributed by atoms with van der Waals surface area (Å²) < 4.78 is 4.92. The molecule has 0 spiro atoms. The molecular weight excluding hydrogens is 204 g/mol. The molecule has 94 valence electrons. The third-order valence-corrected chi connectivity index (χ3v) is 3.24. The van der Waals surface area contributed by atoms with E-state index >= 15 is 0 Å². The summed E-state index contributed by atoms with van der Waals surface area (Å²) >= 11 is 0. The molecule has 1 fully saturated rings. The highest BCUT2D eigenvalue weighted by atomic mass is 16.5. The van der Waals surface area contributed by atoms with E-state index in [-0.39, 0.29) is 5.91 Å². The van der Waals surface area contributed by atoms with Crippen molar-refractivity contribution in [3.8, 4) is 0 Å². The van der Waals surface area contributed by atoms with E-state index in [1.807, 2.05) is 4.90 Å². The maximum absolute atomic E-state index is 12.0. The molecule has 0 bridgehead atoms. The van der Waals surface area contributed by atoms with E-state index in [0.717, 1.165) is 19.4 Å². The summed E-state index contributed by atoms with van der Waals surface area (Å²) in [6.07, 6.45) is 3.51. The van der Waals surface area contributed by atoms with Gasteiger partial charge in [0.25, 0.3) is 0 Å². The molecular formula is C12H24N2O2. The molecule has 2 atom stereocenters. The number of carbonyl (C=O) groups excluding carboxylic acids is 1. The molecule has 0 radical (unpaired) electrons. The lowest BCUT2D eigenvalue weighted by Crippen LogP contribution is -2.50. The third kappa shape index (κ3) is 3.76. The van der Waals surface area contributed by atoms with Gasteiger partial charge in [-0.3, -0.25) is 4.79 Å². The Hall–Kier alpha value is -0.610. The zero-order valence-electron chi connectivity index (χ0n) is 10.7. The number of nitrogens with zero attached hydrogens (tertiary/aromatic N) is 1. The lowest BCUT2D eigenvalue weighted by atomic mass is 9.97. The quantitative estimate of drug-likeness (QED) is 0.714. The lowest BCUT2D eigenvalue weighted by Gasteiger charge is -2.39. The second-order valence-corrected chi connectivity index (χ2v) is 4.60. The van der Waals surface area contributed by atoms with E-state index in [0.29, 0.717) is 25.2 Å². The molecule has 0 aromatic rings. The van der Waals surface area contributed by atoms with Gasteiger partial charge in [-0.25, -0.2) is 0 Å². The topological polar surface area (TPSA) is 41.6 Å². The van der Waals surface area contributed by atoms with Crippen LogP contribution >= 0.6 is 0 Å². The van der Waals surface area contributed by atoms with Crippen LogP contribution in [-0.2, 0) is 9.53 Å². The summed E-state index contributed by atoms with van der Waals surface area (Å²) in [6.45, 7) is 6.10. The standard InChI is InChI=1S/C12H24N2O2/c1-10-5-4-6-11(2)14(10)12(15)9-13-7-8-16-3/h10-11,13H,4-9H2,1-3H3/t10-,11-/m1/s1. The first kappa shape index (κ1) is 13.5. The molecule has 1 aliphatic heterocycles. The Kier molecular flexibility index (Phi) is 5.77. The van der Waals surface area contributed by atoms with Gasteiger partial charge in [-0.05, 0) is 33.1 Å². The van der Waals surface area contributed by atoms with E-state index in [9.17, 15) is 4.79 Å². The average molecular weight is 228 g/mol. The van der Waals surface area contributed by atoms with Gasteiger partial charge in [0.05, 0.1) is 13.2 Å². The number of rotatable bonds is 5. The molecule has 1 rings (SSSR count). The number of carbonyl (C=O) groups is 1. The highest BCUT2D eigenvalue weighted by Gasteiger charge is 2.28. The highest BCUT2D eigenvalue weighted by Crippen LogP contribution is 2.22. The van der Waals surface area contributed by atoms with E-state index in [4.69, 9.17) is 4.74 Å². The molecule has 0 aliphatic carbocycles. The number of hydrogen-bond donors (Lipinski definition) is 1. The number of nitrogens with one attached hydrogen (secondary N) is 1. The zero-order chi connectivity index (χ0) is 12.0. The summed E-state index contributed by atoms with van der Waals surface area (Å²) in [5.74, 6) is 0.218.